The fraction of sp³-hybridized carbons (Fsp3) is 0.333. The standard InChI is InChI=1S/C9H14N4S/c1-2-6-14-7-5-11-8-3-4-12-9(10)13-8/h2-4H,1,5-7H2,(H3,10,11,12,13). The molecule has 14 heavy (non-hydrogen) atoms. The van der Waals surface area contributed by atoms with E-state index in [-0.39, 0.29) is 0 Å². The van der Waals surface area contributed by atoms with Crippen molar-refractivity contribution in [3.05, 3.63) is 24.9 Å². The second-order valence-electron chi connectivity index (χ2n) is 2.59. The molecular formula is C9H14N4S. The number of nitrogens with two attached hydrogens (primary N) is 1. The molecule has 0 unspecified atom stereocenters. The van der Waals surface area contributed by atoms with Crippen LogP contribution in [0.3, 0.4) is 0 Å². The Morgan fingerprint density at radius 1 is 1.64 bits per heavy atom. The maximum absolute atomic E-state index is 5.43. The molecule has 0 saturated heterocycles. The van der Waals surface area contributed by atoms with E-state index in [1.165, 1.54) is 0 Å². The van der Waals surface area contributed by atoms with E-state index in [1.54, 1.807) is 12.3 Å². The van der Waals surface area contributed by atoms with E-state index in [1.807, 2.05) is 17.8 Å². The molecule has 0 amide bonds. The number of nitrogens with zero attached hydrogens (tertiary/aromatic N) is 2. The van der Waals surface area contributed by atoms with Gasteiger partial charge in [-0.3, -0.25) is 0 Å². The van der Waals surface area contributed by atoms with E-state index in [4.69, 9.17) is 5.73 Å². The molecule has 0 atom stereocenters. The normalized spacial score (nSPS) is 9.71. The highest BCUT2D eigenvalue weighted by Crippen LogP contribution is 2.04. The molecule has 0 bridgehead atoms. The first-order valence-corrected chi connectivity index (χ1v) is 5.49. The lowest BCUT2D eigenvalue weighted by molar-refractivity contribution is 1.13. The molecule has 0 aliphatic carbocycles. The molecule has 0 spiro atoms. The lowest BCUT2D eigenvalue weighted by Crippen LogP contribution is -2.07. The van der Waals surface area contributed by atoms with Gasteiger partial charge >= 0.3 is 0 Å². The third kappa shape index (κ3) is 4.13. The highest BCUT2D eigenvalue weighted by atomic mass is 32.2. The summed E-state index contributed by atoms with van der Waals surface area (Å²) >= 11 is 1.82. The van der Waals surface area contributed by atoms with Crippen LogP contribution in [0.2, 0.25) is 0 Å². The zero-order valence-electron chi connectivity index (χ0n) is 7.94. The molecule has 1 heterocycles. The number of anilines is 2. The molecule has 76 valence electrons. The molecule has 0 aliphatic rings. The predicted octanol–water partition coefficient (Wildman–Crippen LogP) is 1.39. The number of aromatic nitrogens is 2. The van der Waals surface area contributed by atoms with Gasteiger partial charge in [0.25, 0.3) is 0 Å². The van der Waals surface area contributed by atoms with E-state index in [2.05, 4.69) is 21.9 Å². The number of nitrogens with one attached hydrogen (secondary N) is 1. The van der Waals surface area contributed by atoms with Gasteiger partial charge in [0.2, 0.25) is 5.95 Å². The van der Waals surface area contributed by atoms with Gasteiger partial charge in [0.15, 0.2) is 0 Å². The maximum Gasteiger partial charge on any atom is 0.221 e. The van der Waals surface area contributed by atoms with Gasteiger partial charge in [0, 0.05) is 24.2 Å². The minimum Gasteiger partial charge on any atom is -0.369 e. The molecule has 5 heteroatoms. The first kappa shape index (κ1) is 10.8. The Morgan fingerprint density at radius 3 is 3.21 bits per heavy atom. The van der Waals surface area contributed by atoms with E-state index in [9.17, 15) is 0 Å². The summed E-state index contributed by atoms with van der Waals surface area (Å²) in [6.45, 7) is 4.52. The summed E-state index contributed by atoms with van der Waals surface area (Å²) in [7, 11) is 0. The number of thioether (sulfide) groups is 1. The average Bonchev–Trinajstić information content (AvgIpc) is 2.18. The maximum atomic E-state index is 5.43. The molecule has 1 rings (SSSR count). The van der Waals surface area contributed by atoms with E-state index < -0.39 is 0 Å². The second-order valence-corrected chi connectivity index (χ2v) is 3.74. The summed E-state index contributed by atoms with van der Waals surface area (Å²) in [5.74, 6) is 3.08. The minimum absolute atomic E-state index is 0.300. The van der Waals surface area contributed by atoms with Crippen molar-refractivity contribution < 1.29 is 0 Å². The molecule has 0 radical (unpaired) electrons. The topological polar surface area (TPSA) is 63.8 Å². The highest BCUT2D eigenvalue weighted by molar-refractivity contribution is 7.99. The van der Waals surface area contributed by atoms with Crippen LogP contribution >= 0.6 is 11.8 Å². The van der Waals surface area contributed by atoms with Gasteiger partial charge in [-0.15, -0.1) is 6.58 Å². The number of rotatable bonds is 6. The summed E-state index contributed by atoms with van der Waals surface area (Å²) < 4.78 is 0. The van der Waals surface area contributed by atoms with Gasteiger partial charge in [-0.2, -0.15) is 16.7 Å². The molecule has 1 aromatic rings. The van der Waals surface area contributed by atoms with Crippen molar-refractivity contribution in [1.29, 1.82) is 0 Å². The molecular weight excluding hydrogens is 196 g/mol. The van der Waals surface area contributed by atoms with E-state index in [0.717, 1.165) is 23.9 Å². The van der Waals surface area contributed by atoms with Crippen LogP contribution in [0.25, 0.3) is 0 Å². The van der Waals surface area contributed by atoms with Gasteiger partial charge < -0.3 is 11.1 Å². The Kier molecular flexibility index (Phi) is 4.85. The zero-order valence-corrected chi connectivity index (χ0v) is 8.76. The van der Waals surface area contributed by atoms with Crippen LogP contribution in [0, 0.1) is 0 Å². The van der Waals surface area contributed by atoms with E-state index in [0.29, 0.717) is 5.95 Å². The van der Waals surface area contributed by atoms with Gasteiger partial charge in [0.1, 0.15) is 5.82 Å². The second kappa shape index (κ2) is 6.26. The molecule has 0 aliphatic heterocycles. The van der Waals surface area contributed by atoms with Crippen LogP contribution in [-0.2, 0) is 0 Å². The Morgan fingerprint density at radius 2 is 2.50 bits per heavy atom. The quantitative estimate of drug-likeness (QED) is 0.549. The van der Waals surface area contributed by atoms with Gasteiger partial charge in [-0.1, -0.05) is 6.08 Å². The summed E-state index contributed by atoms with van der Waals surface area (Å²) in [6, 6.07) is 1.80. The van der Waals surface area contributed by atoms with Crippen molar-refractivity contribution in [3.8, 4) is 0 Å². The van der Waals surface area contributed by atoms with Crippen LogP contribution in [-0.4, -0.2) is 28.0 Å². The Balaban J connectivity index is 2.21. The molecule has 4 nitrogen and oxygen atoms in total. The first-order valence-electron chi connectivity index (χ1n) is 4.34. The molecule has 0 fully saturated rings. The number of nitrogen functional groups attached to an aromatic ring is 1. The van der Waals surface area contributed by atoms with Crippen LogP contribution in [0.5, 0.6) is 0 Å². The summed E-state index contributed by atoms with van der Waals surface area (Å²) in [4.78, 5) is 7.82. The van der Waals surface area contributed by atoms with Gasteiger partial charge in [0.05, 0.1) is 0 Å². The van der Waals surface area contributed by atoms with Crippen molar-refractivity contribution in [2.45, 2.75) is 0 Å². The van der Waals surface area contributed by atoms with Crippen LogP contribution < -0.4 is 11.1 Å². The fourth-order valence-electron chi connectivity index (χ4n) is 0.890. The SMILES string of the molecule is C=CCSCCNc1ccnc(N)n1. The third-order valence-corrected chi connectivity index (χ3v) is 2.43. The molecule has 0 aromatic carbocycles. The van der Waals surface area contributed by atoms with Crippen molar-refractivity contribution in [2.75, 3.05) is 29.1 Å². The molecule has 0 saturated carbocycles. The van der Waals surface area contributed by atoms with Crippen molar-refractivity contribution in [1.82, 2.24) is 9.97 Å². The summed E-state index contributed by atoms with van der Waals surface area (Å²) in [5.41, 5.74) is 5.43. The van der Waals surface area contributed by atoms with Crippen LogP contribution in [0.15, 0.2) is 24.9 Å². The van der Waals surface area contributed by atoms with Gasteiger partial charge in [-0.05, 0) is 6.07 Å². The lowest BCUT2D eigenvalue weighted by Gasteiger charge is -2.04. The molecule has 1 aromatic heterocycles. The zero-order chi connectivity index (χ0) is 10.2. The summed E-state index contributed by atoms with van der Waals surface area (Å²) in [6.07, 6.45) is 3.54. The van der Waals surface area contributed by atoms with Crippen molar-refractivity contribution >= 4 is 23.5 Å². The number of hydrogen-bond donors (Lipinski definition) is 2. The average molecular weight is 210 g/mol. The van der Waals surface area contributed by atoms with Crippen molar-refractivity contribution in [2.24, 2.45) is 0 Å². The summed E-state index contributed by atoms with van der Waals surface area (Å²) in [5, 5.41) is 3.16. The fourth-order valence-corrected chi connectivity index (χ4v) is 1.47. The smallest absolute Gasteiger partial charge is 0.221 e. The lowest BCUT2D eigenvalue weighted by atomic mass is 10.5. The highest BCUT2D eigenvalue weighted by Gasteiger charge is 1.93. The molecule has 3 N–H and O–H groups in total. The largest absolute Gasteiger partial charge is 0.369 e. The predicted molar refractivity (Wildman–Crippen MR) is 62.5 cm³/mol. The third-order valence-electron chi connectivity index (χ3n) is 1.46. The van der Waals surface area contributed by atoms with Gasteiger partial charge in [-0.25, -0.2) is 4.98 Å². The monoisotopic (exact) mass is 210 g/mol. The van der Waals surface area contributed by atoms with Crippen LogP contribution in [0.1, 0.15) is 0 Å². The minimum atomic E-state index is 0.300. The number of hydrogen-bond acceptors (Lipinski definition) is 5. The first-order chi connectivity index (χ1) is 6.83. The Hall–Kier alpha value is -1.23. The van der Waals surface area contributed by atoms with E-state index >= 15 is 0 Å². The van der Waals surface area contributed by atoms with Crippen molar-refractivity contribution in [3.63, 3.8) is 0 Å². The van der Waals surface area contributed by atoms with Crippen LogP contribution in [0.4, 0.5) is 11.8 Å². The Labute approximate surface area is 88.0 Å². The Bertz CT molecular complexity index is 290.